The summed E-state index contributed by atoms with van der Waals surface area (Å²) >= 11 is 0. The Morgan fingerprint density at radius 1 is 1.17 bits per heavy atom. The molecule has 0 unspecified atom stereocenters. The van der Waals surface area contributed by atoms with Crippen LogP contribution < -0.4 is 5.32 Å². The Hall–Kier alpha value is -1.66. The number of carbonyl (C=O) groups excluding carboxylic acids is 1. The summed E-state index contributed by atoms with van der Waals surface area (Å²) in [5.74, 6) is -0.230. The Morgan fingerprint density at radius 3 is 2.46 bits per heavy atom. The molecule has 0 radical (unpaired) electrons. The van der Waals surface area contributed by atoms with Gasteiger partial charge in [0.1, 0.15) is 5.82 Å². The van der Waals surface area contributed by atoms with E-state index in [2.05, 4.69) is 29.2 Å². The highest BCUT2D eigenvalue weighted by atomic mass is 19.1. The van der Waals surface area contributed by atoms with E-state index < -0.39 is 0 Å². The second-order valence-electron chi connectivity index (χ2n) is 6.59. The van der Waals surface area contributed by atoms with Gasteiger partial charge in [-0.15, -0.1) is 0 Å². The van der Waals surface area contributed by atoms with Crippen molar-refractivity contribution in [1.29, 1.82) is 0 Å². The lowest BCUT2D eigenvalue weighted by Crippen LogP contribution is -2.52. The first kappa shape index (κ1) is 18.7. The Balaban J connectivity index is 1.61. The van der Waals surface area contributed by atoms with E-state index in [1.807, 2.05) is 4.90 Å². The van der Waals surface area contributed by atoms with E-state index in [1.165, 1.54) is 12.1 Å². The van der Waals surface area contributed by atoms with Crippen LogP contribution in [-0.2, 0) is 6.42 Å². The minimum absolute atomic E-state index is 0.00468. The first-order valence-corrected chi connectivity index (χ1v) is 8.69. The summed E-state index contributed by atoms with van der Waals surface area (Å²) in [7, 11) is 4.18. The fourth-order valence-corrected chi connectivity index (χ4v) is 2.86. The number of hydrogen-bond donors (Lipinski definition) is 1. The predicted molar refractivity (Wildman–Crippen MR) is 94.7 cm³/mol. The van der Waals surface area contributed by atoms with Crippen molar-refractivity contribution < 1.29 is 9.18 Å². The van der Waals surface area contributed by atoms with Gasteiger partial charge in [0.2, 0.25) is 0 Å². The van der Waals surface area contributed by atoms with Crippen LogP contribution in [0.15, 0.2) is 24.3 Å². The molecule has 6 heteroatoms. The topological polar surface area (TPSA) is 38.8 Å². The van der Waals surface area contributed by atoms with Gasteiger partial charge in [-0.3, -0.25) is 4.90 Å². The number of nitrogens with one attached hydrogen (secondary N) is 1. The largest absolute Gasteiger partial charge is 0.338 e. The minimum atomic E-state index is -0.230. The first-order valence-electron chi connectivity index (χ1n) is 8.69. The molecule has 0 spiro atoms. The highest BCUT2D eigenvalue weighted by molar-refractivity contribution is 5.74. The van der Waals surface area contributed by atoms with Crippen LogP contribution in [0.5, 0.6) is 0 Å². The lowest BCUT2D eigenvalue weighted by atomic mass is 10.1. The van der Waals surface area contributed by atoms with Crippen molar-refractivity contribution in [3.63, 3.8) is 0 Å². The van der Waals surface area contributed by atoms with Gasteiger partial charge in [0, 0.05) is 32.7 Å². The van der Waals surface area contributed by atoms with Gasteiger partial charge in [0.25, 0.3) is 0 Å². The Labute approximate surface area is 144 Å². The molecule has 0 bridgehead atoms. The summed E-state index contributed by atoms with van der Waals surface area (Å²) < 4.78 is 12.8. The number of nitrogens with zero attached hydrogens (tertiary/aromatic N) is 3. The van der Waals surface area contributed by atoms with Crippen LogP contribution in [-0.4, -0.2) is 80.6 Å². The van der Waals surface area contributed by atoms with Crippen molar-refractivity contribution >= 4 is 6.03 Å². The van der Waals surface area contributed by atoms with Gasteiger partial charge < -0.3 is 15.1 Å². The Kier molecular flexibility index (Phi) is 7.46. The maximum atomic E-state index is 12.8. The van der Waals surface area contributed by atoms with E-state index in [9.17, 15) is 9.18 Å². The summed E-state index contributed by atoms with van der Waals surface area (Å²) in [6, 6.07) is 6.42. The van der Waals surface area contributed by atoms with Crippen molar-refractivity contribution in [1.82, 2.24) is 20.0 Å². The summed E-state index contributed by atoms with van der Waals surface area (Å²) in [6.45, 7) is 6.22. The third kappa shape index (κ3) is 6.45. The minimum Gasteiger partial charge on any atom is -0.338 e. The molecule has 1 N–H and O–H groups in total. The van der Waals surface area contributed by atoms with Crippen LogP contribution in [0.3, 0.4) is 0 Å². The molecule has 1 aliphatic rings. The standard InChI is InChI=1S/C18H29FN4O/c1-21(2)10-3-11-22-12-14-23(15-13-22)18(24)20-9-8-16-4-6-17(19)7-5-16/h4-7H,3,8-15H2,1-2H3,(H,20,24). The summed E-state index contributed by atoms with van der Waals surface area (Å²) in [4.78, 5) is 18.7. The van der Waals surface area contributed by atoms with Crippen molar-refractivity contribution in [2.75, 3.05) is 59.9 Å². The molecule has 0 aromatic heterocycles. The van der Waals surface area contributed by atoms with Crippen molar-refractivity contribution in [3.05, 3.63) is 35.6 Å². The van der Waals surface area contributed by atoms with E-state index >= 15 is 0 Å². The summed E-state index contributed by atoms with van der Waals surface area (Å²) in [5.41, 5.74) is 1.03. The van der Waals surface area contributed by atoms with E-state index in [0.717, 1.165) is 57.7 Å². The lowest BCUT2D eigenvalue weighted by molar-refractivity contribution is 0.136. The van der Waals surface area contributed by atoms with Gasteiger partial charge in [-0.1, -0.05) is 12.1 Å². The van der Waals surface area contributed by atoms with Crippen LogP contribution in [0.1, 0.15) is 12.0 Å². The summed E-state index contributed by atoms with van der Waals surface area (Å²) in [5, 5.41) is 2.96. The first-order chi connectivity index (χ1) is 11.5. The molecule has 2 rings (SSSR count). The molecule has 1 fully saturated rings. The molecule has 1 aromatic rings. The molecule has 1 saturated heterocycles. The Morgan fingerprint density at radius 2 is 1.83 bits per heavy atom. The van der Waals surface area contributed by atoms with Crippen LogP contribution in [0, 0.1) is 5.82 Å². The zero-order valence-corrected chi connectivity index (χ0v) is 14.8. The molecule has 134 valence electrons. The van der Waals surface area contributed by atoms with Gasteiger partial charge in [0.15, 0.2) is 0 Å². The number of rotatable bonds is 7. The van der Waals surface area contributed by atoms with Gasteiger partial charge in [-0.25, -0.2) is 9.18 Å². The van der Waals surface area contributed by atoms with Gasteiger partial charge in [0.05, 0.1) is 0 Å². The number of piperazine rings is 1. The predicted octanol–water partition coefficient (Wildman–Crippen LogP) is 1.65. The third-order valence-corrected chi connectivity index (χ3v) is 4.34. The van der Waals surface area contributed by atoms with Crippen LogP contribution in [0.2, 0.25) is 0 Å². The normalized spacial score (nSPS) is 15.8. The second-order valence-corrected chi connectivity index (χ2v) is 6.59. The number of hydrogen-bond acceptors (Lipinski definition) is 3. The zero-order valence-electron chi connectivity index (χ0n) is 14.8. The molecule has 5 nitrogen and oxygen atoms in total. The fraction of sp³-hybridized carbons (Fsp3) is 0.611. The molecule has 1 aromatic carbocycles. The van der Waals surface area contributed by atoms with E-state index in [1.54, 1.807) is 12.1 Å². The van der Waals surface area contributed by atoms with Crippen molar-refractivity contribution in [2.24, 2.45) is 0 Å². The zero-order chi connectivity index (χ0) is 17.4. The van der Waals surface area contributed by atoms with E-state index in [-0.39, 0.29) is 11.8 Å². The lowest BCUT2D eigenvalue weighted by Gasteiger charge is -2.34. The Bertz CT molecular complexity index is 498. The fourth-order valence-electron chi connectivity index (χ4n) is 2.86. The van der Waals surface area contributed by atoms with Crippen LogP contribution in [0.4, 0.5) is 9.18 Å². The number of carbonyl (C=O) groups is 1. The molecule has 1 aliphatic heterocycles. The number of urea groups is 1. The molecule has 0 atom stereocenters. The highest BCUT2D eigenvalue weighted by Crippen LogP contribution is 2.05. The van der Waals surface area contributed by atoms with Crippen LogP contribution in [0.25, 0.3) is 0 Å². The molecular weight excluding hydrogens is 307 g/mol. The number of halogens is 1. The smallest absolute Gasteiger partial charge is 0.317 e. The van der Waals surface area contributed by atoms with Gasteiger partial charge in [-0.2, -0.15) is 0 Å². The number of amides is 2. The van der Waals surface area contributed by atoms with E-state index in [4.69, 9.17) is 0 Å². The van der Waals surface area contributed by atoms with Gasteiger partial charge >= 0.3 is 6.03 Å². The SMILES string of the molecule is CN(C)CCCN1CCN(C(=O)NCCc2ccc(F)cc2)CC1. The van der Waals surface area contributed by atoms with Gasteiger partial charge in [-0.05, 0) is 57.7 Å². The quantitative estimate of drug-likeness (QED) is 0.823. The average molecular weight is 336 g/mol. The molecular formula is C18H29FN4O. The van der Waals surface area contributed by atoms with Crippen molar-refractivity contribution in [2.45, 2.75) is 12.8 Å². The van der Waals surface area contributed by atoms with Crippen LogP contribution >= 0.6 is 0 Å². The average Bonchev–Trinajstić information content (AvgIpc) is 2.57. The maximum absolute atomic E-state index is 12.8. The monoisotopic (exact) mass is 336 g/mol. The van der Waals surface area contributed by atoms with Crippen molar-refractivity contribution in [3.8, 4) is 0 Å². The second kappa shape index (κ2) is 9.59. The highest BCUT2D eigenvalue weighted by Gasteiger charge is 2.20. The third-order valence-electron chi connectivity index (χ3n) is 4.34. The molecule has 2 amide bonds. The maximum Gasteiger partial charge on any atom is 0.317 e. The molecule has 0 aliphatic carbocycles. The molecule has 1 heterocycles. The van der Waals surface area contributed by atoms with E-state index in [0.29, 0.717) is 6.54 Å². The molecule has 0 saturated carbocycles. The summed E-state index contributed by atoms with van der Waals surface area (Å²) in [6.07, 6.45) is 1.88. The molecule has 24 heavy (non-hydrogen) atoms. The number of benzene rings is 1.